The second-order valence-electron chi connectivity index (χ2n) is 2.83. The van der Waals surface area contributed by atoms with Gasteiger partial charge in [0.1, 0.15) is 6.29 Å². The number of carbonyl (C=O) groups is 1. The van der Waals surface area contributed by atoms with Crippen LogP contribution < -0.4 is 0 Å². The van der Waals surface area contributed by atoms with Crippen LogP contribution in [0.25, 0.3) is 0 Å². The van der Waals surface area contributed by atoms with Crippen molar-refractivity contribution < 1.29 is 9.90 Å². The first-order valence-electron chi connectivity index (χ1n) is 3.94. The Labute approximate surface area is 71.8 Å². The van der Waals surface area contributed by atoms with E-state index in [4.69, 9.17) is 5.11 Å². The molecule has 1 rings (SSSR count). The molecule has 2 heteroatoms. The van der Waals surface area contributed by atoms with E-state index < -0.39 is 0 Å². The fourth-order valence-electron chi connectivity index (χ4n) is 1.17. The summed E-state index contributed by atoms with van der Waals surface area (Å²) in [5, 5.41) is 8.89. The highest BCUT2D eigenvalue weighted by Crippen LogP contribution is 2.17. The molecule has 12 heavy (non-hydrogen) atoms. The van der Waals surface area contributed by atoms with Crippen molar-refractivity contribution in [1.82, 2.24) is 0 Å². The average Bonchev–Trinajstić information content (AvgIpc) is 2.16. The second kappa shape index (κ2) is 4.02. The van der Waals surface area contributed by atoms with Crippen molar-refractivity contribution in [2.45, 2.75) is 12.8 Å². The van der Waals surface area contributed by atoms with Crippen LogP contribution in [0.5, 0.6) is 0 Å². The molecule has 0 aliphatic heterocycles. The maximum atomic E-state index is 10.6. The van der Waals surface area contributed by atoms with E-state index in [0.29, 0.717) is 5.56 Å². The van der Waals surface area contributed by atoms with Gasteiger partial charge in [-0.3, -0.25) is 4.79 Å². The van der Waals surface area contributed by atoms with Crippen molar-refractivity contribution in [2.24, 2.45) is 0 Å². The monoisotopic (exact) mass is 164 g/mol. The van der Waals surface area contributed by atoms with Gasteiger partial charge in [0.25, 0.3) is 0 Å². The van der Waals surface area contributed by atoms with Gasteiger partial charge in [-0.25, -0.2) is 0 Å². The largest absolute Gasteiger partial charge is 0.396 e. The summed E-state index contributed by atoms with van der Waals surface area (Å²) in [4.78, 5) is 10.6. The topological polar surface area (TPSA) is 37.3 Å². The molecule has 0 saturated carbocycles. The summed E-state index contributed by atoms with van der Waals surface area (Å²) in [6.07, 6.45) is 0.821. The van der Waals surface area contributed by atoms with E-state index in [9.17, 15) is 4.79 Å². The molecular weight excluding hydrogens is 152 g/mol. The van der Waals surface area contributed by atoms with Crippen molar-refractivity contribution in [3.8, 4) is 0 Å². The lowest BCUT2D eigenvalue weighted by atomic mass is 9.97. The Morgan fingerprint density at radius 1 is 1.50 bits per heavy atom. The molecule has 0 spiro atoms. The molecule has 0 aliphatic carbocycles. The first kappa shape index (κ1) is 8.94. The highest BCUT2D eigenvalue weighted by molar-refractivity contribution is 5.77. The van der Waals surface area contributed by atoms with E-state index in [0.717, 1.165) is 11.8 Å². The summed E-state index contributed by atoms with van der Waals surface area (Å²) in [5.74, 6) is 0.0337. The zero-order valence-electron chi connectivity index (χ0n) is 7.03. The third-order valence-corrected chi connectivity index (χ3v) is 1.93. The van der Waals surface area contributed by atoms with Gasteiger partial charge in [0.15, 0.2) is 0 Å². The van der Waals surface area contributed by atoms with Crippen LogP contribution in [0.15, 0.2) is 24.3 Å². The molecule has 0 saturated heterocycles. The standard InChI is InChI=1S/C10H12O2/c1-8(6-11)10-5-3-2-4-9(10)7-12/h2-5,7-8,11H,6H2,1H3. The van der Waals surface area contributed by atoms with Gasteiger partial charge >= 0.3 is 0 Å². The van der Waals surface area contributed by atoms with E-state index >= 15 is 0 Å². The fourth-order valence-corrected chi connectivity index (χ4v) is 1.17. The van der Waals surface area contributed by atoms with Gasteiger partial charge in [-0.15, -0.1) is 0 Å². The van der Waals surface area contributed by atoms with Gasteiger partial charge in [-0.1, -0.05) is 31.2 Å². The lowest BCUT2D eigenvalue weighted by molar-refractivity contribution is 0.112. The summed E-state index contributed by atoms with van der Waals surface area (Å²) in [7, 11) is 0. The lowest BCUT2D eigenvalue weighted by Crippen LogP contribution is -2.02. The molecule has 1 N–H and O–H groups in total. The summed E-state index contributed by atoms with van der Waals surface area (Å²) < 4.78 is 0. The maximum absolute atomic E-state index is 10.6. The Balaban J connectivity index is 3.04. The van der Waals surface area contributed by atoms with Crippen LogP contribution in [0, 0.1) is 0 Å². The number of rotatable bonds is 3. The number of hydrogen-bond acceptors (Lipinski definition) is 2. The molecule has 1 aromatic rings. The van der Waals surface area contributed by atoms with Crippen LogP contribution >= 0.6 is 0 Å². The molecule has 0 heterocycles. The number of aliphatic hydroxyl groups is 1. The Morgan fingerprint density at radius 3 is 2.75 bits per heavy atom. The Morgan fingerprint density at radius 2 is 2.17 bits per heavy atom. The van der Waals surface area contributed by atoms with Crippen LogP contribution in [-0.4, -0.2) is 18.0 Å². The first-order chi connectivity index (χ1) is 5.79. The van der Waals surface area contributed by atoms with Gasteiger partial charge < -0.3 is 5.11 Å². The molecule has 2 nitrogen and oxygen atoms in total. The minimum Gasteiger partial charge on any atom is -0.396 e. The summed E-state index contributed by atoms with van der Waals surface area (Å²) >= 11 is 0. The second-order valence-corrected chi connectivity index (χ2v) is 2.83. The number of aliphatic hydroxyl groups excluding tert-OH is 1. The fraction of sp³-hybridized carbons (Fsp3) is 0.300. The van der Waals surface area contributed by atoms with E-state index in [2.05, 4.69) is 0 Å². The lowest BCUT2D eigenvalue weighted by Gasteiger charge is -2.09. The van der Waals surface area contributed by atoms with Crippen LogP contribution in [0.3, 0.4) is 0 Å². The molecule has 0 bridgehead atoms. The van der Waals surface area contributed by atoms with Crippen molar-refractivity contribution in [2.75, 3.05) is 6.61 Å². The molecule has 1 unspecified atom stereocenters. The Kier molecular flexibility index (Phi) is 3.00. The summed E-state index contributed by atoms with van der Waals surface area (Å²) in [6, 6.07) is 7.31. The van der Waals surface area contributed by atoms with Crippen LogP contribution in [0.1, 0.15) is 28.8 Å². The highest BCUT2D eigenvalue weighted by atomic mass is 16.3. The molecule has 1 atom stereocenters. The maximum Gasteiger partial charge on any atom is 0.150 e. The smallest absolute Gasteiger partial charge is 0.150 e. The van der Waals surface area contributed by atoms with Crippen LogP contribution in [0.4, 0.5) is 0 Å². The van der Waals surface area contributed by atoms with Gasteiger partial charge in [0, 0.05) is 18.1 Å². The van der Waals surface area contributed by atoms with Crippen molar-refractivity contribution in [1.29, 1.82) is 0 Å². The van der Waals surface area contributed by atoms with E-state index in [1.807, 2.05) is 25.1 Å². The zero-order chi connectivity index (χ0) is 8.97. The minimum absolute atomic E-state index is 0.0337. The number of aldehydes is 1. The predicted octanol–water partition coefficient (Wildman–Crippen LogP) is 1.59. The first-order valence-corrected chi connectivity index (χ1v) is 3.94. The molecule has 0 radical (unpaired) electrons. The molecular formula is C10H12O2. The van der Waals surface area contributed by atoms with Gasteiger partial charge in [0.05, 0.1) is 0 Å². The van der Waals surface area contributed by atoms with E-state index in [1.165, 1.54) is 0 Å². The normalized spacial score (nSPS) is 12.5. The SMILES string of the molecule is CC(CO)c1ccccc1C=O. The van der Waals surface area contributed by atoms with Crippen molar-refractivity contribution >= 4 is 6.29 Å². The average molecular weight is 164 g/mol. The highest BCUT2D eigenvalue weighted by Gasteiger charge is 2.07. The zero-order valence-corrected chi connectivity index (χ0v) is 7.03. The van der Waals surface area contributed by atoms with Crippen molar-refractivity contribution in [3.63, 3.8) is 0 Å². The Bertz CT molecular complexity index is 268. The molecule has 0 amide bonds. The Hall–Kier alpha value is -1.15. The quantitative estimate of drug-likeness (QED) is 0.689. The minimum atomic E-state index is 0.0337. The van der Waals surface area contributed by atoms with E-state index in [-0.39, 0.29) is 12.5 Å². The van der Waals surface area contributed by atoms with Crippen LogP contribution in [0.2, 0.25) is 0 Å². The number of carbonyl (C=O) groups excluding carboxylic acids is 1. The third kappa shape index (κ3) is 1.71. The van der Waals surface area contributed by atoms with Crippen LogP contribution in [-0.2, 0) is 0 Å². The molecule has 1 aromatic carbocycles. The summed E-state index contributed by atoms with van der Waals surface area (Å²) in [6.45, 7) is 1.97. The van der Waals surface area contributed by atoms with Gasteiger partial charge in [-0.2, -0.15) is 0 Å². The third-order valence-electron chi connectivity index (χ3n) is 1.93. The molecule has 0 aromatic heterocycles. The number of benzene rings is 1. The predicted molar refractivity (Wildman–Crippen MR) is 47.3 cm³/mol. The molecule has 64 valence electrons. The molecule has 0 aliphatic rings. The molecule has 0 fully saturated rings. The van der Waals surface area contributed by atoms with Gasteiger partial charge in [0.2, 0.25) is 0 Å². The van der Waals surface area contributed by atoms with Crippen molar-refractivity contribution in [3.05, 3.63) is 35.4 Å². The summed E-state index contributed by atoms with van der Waals surface area (Å²) in [5.41, 5.74) is 1.58. The van der Waals surface area contributed by atoms with E-state index in [1.54, 1.807) is 6.07 Å². The number of hydrogen-bond donors (Lipinski definition) is 1. The van der Waals surface area contributed by atoms with Gasteiger partial charge in [-0.05, 0) is 5.56 Å².